The summed E-state index contributed by atoms with van der Waals surface area (Å²) in [6, 6.07) is 13.5. The van der Waals surface area contributed by atoms with Crippen molar-refractivity contribution in [2.24, 2.45) is 0 Å². The Balaban J connectivity index is 1.37. The number of nitrogens with two attached hydrogens (primary N) is 1. The van der Waals surface area contributed by atoms with E-state index < -0.39 is 0 Å². The molecule has 1 fully saturated rings. The lowest BCUT2D eigenvalue weighted by molar-refractivity contribution is 0.0337. The lowest BCUT2D eigenvalue weighted by Crippen LogP contribution is -2.35. The van der Waals surface area contributed by atoms with Gasteiger partial charge in [0.25, 0.3) is 0 Å². The van der Waals surface area contributed by atoms with Crippen LogP contribution in [0.1, 0.15) is 25.5 Å². The summed E-state index contributed by atoms with van der Waals surface area (Å²) < 4.78 is 22.7. The number of H-pyrrole nitrogens is 1. The van der Waals surface area contributed by atoms with Gasteiger partial charge in [0.05, 0.1) is 24.3 Å². The fourth-order valence-electron chi connectivity index (χ4n) is 4.80. The summed E-state index contributed by atoms with van der Waals surface area (Å²) in [6.07, 6.45) is 1.91. The first-order valence-corrected chi connectivity index (χ1v) is 12.5. The predicted octanol–water partition coefficient (Wildman–Crippen LogP) is 4.85. The average molecular weight is 501 g/mol. The maximum absolute atomic E-state index is 15.4. The van der Waals surface area contributed by atoms with Crippen molar-refractivity contribution < 1.29 is 9.13 Å². The number of halogens is 1. The molecule has 0 bridgehead atoms. The molecule has 0 aliphatic carbocycles. The third-order valence-electron chi connectivity index (χ3n) is 6.72. The Labute approximate surface area is 213 Å². The van der Waals surface area contributed by atoms with Crippen LogP contribution in [0.5, 0.6) is 0 Å². The fourth-order valence-corrected chi connectivity index (χ4v) is 4.80. The summed E-state index contributed by atoms with van der Waals surface area (Å²) in [5.74, 6) is 0.185. The Hall–Kier alpha value is -4.02. The number of anilines is 3. The van der Waals surface area contributed by atoms with Crippen LogP contribution in [-0.2, 0) is 11.3 Å². The van der Waals surface area contributed by atoms with Crippen LogP contribution in [-0.4, -0.2) is 55.9 Å². The molecule has 0 radical (unpaired) electrons. The Bertz CT molecular complexity index is 1580. The van der Waals surface area contributed by atoms with Gasteiger partial charge in [0.15, 0.2) is 11.5 Å². The Morgan fingerprint density at radius 1 is 1.14 bits per heavy atom. The van der Waals surface area contributed by atoms with E-state index in [9.17, 15) is 0 Å². The number of aromatic amines is 1. The third-order valence-corrected chi connectivity index (χ3v) is 6.72. The van der Waals surface area contributed by atoms with E-state index in [0.717, 1.165) is 35.2 Å². The molecule has 0 unspecified atom stereocenters. The van der Waals surface area contributed by atoms with Gasteiger partial charge in [0.2, 0.25) is 5.95 Å². The van der Waals surface area contributed by atoms with Crippen LogP contribution in [0.4, 0.5) is 21.8 Å². The summed E-state index contributed by atoms with van der Waals surface area (Å²) in [7, 11) is 0. The number of nitrogens with one attached hydrogen (secondary N) is 2. The zero-order valence-electron chi connectivity index (χ0n) is 20.8. The summed E-state index contributed by atoms with van der Waals surface area (Å²) in [6.45, 7) is 7.48. The van der Waals surface area contributed by atoms with Crippen LogP contribution >= 0.6 is 0 Å². The molecule has 9 nitrogen and oxygen atoms in total. The van der Waals surface area contributed by atoms with Crippen LogP contribution < -0.4 is 11.1 Å². The predicted molar refractivity (Wildman–Crippen MR) is 143 cm³/mol. The zero-order valence-corrected chi connectivity index (χ0v) is 20.8. The van der Waals surface area contributed by atoms with Gasteiger partial charge >= 0.3 is 0 Å². The number of nitrogens with zero attached hydrogens (tertiary/aromatic N) is 5. The van der Waals surface area contributed by atoms with Gasteiger partial charge in [0, 0.05) is 53.9 Å². The number of hydrogen-bond donors (Lipinski definition) is 3. The first kappa shape index (κ1) is 23.4. The molecule has 0 atom stereocenters. The van der Waals surface area contributed by atoms with Gasteiger partial charge < -0.3 is 20.8 Å². The van der Waals surface area contributed by atoms with E-state index >= 15 is 4.39 Å². The van der Waals surface area contributed by atoms with Crippen LogP contribution in [0.15, 0.2) is 48.7 Å². The molecule has 1 saturated heterocycles. The van der Waals surface area contributed by atoms with Gasteiger partial charge in [-0.15, -0.1) is 0 Å². The van der Waals surface area contributed by atoms with E-state index in [1.165, 1.54) is 0 Å². The standard InChI is InChI=1S/C27H29FN8O/c1-16(2)36-26-22(24(34-36)18-6-7-20-17(14-18)8-9-30-20)25(29)32-27(33-26)31-21-5-3-4-19(23(21)28)15-35-10-12-37-13-11-35/h3-9,14,16,30H,10-13,15H2,1-2H3,(H3,29,31,32,33). The van der Waals surface area contributed by atoms with Crippen molar-refractivity contribution in [1.29, 1.82) is 0 Å². The Morgan fingerprint density at radius 2 is 1.97 bits per heavy atom. The minimum absolute atomic E-state index is 0.0305. The molecule has 1 aliphatic rings. The highest BCUT2D eigenvalue weighted by molar-refractivity contribution is 6.00. The number of fused-ring (bicyclic) bond motifs is 2. The lowest BCUT2D eigenvalue weighted by Gasteiger charge is -2.26. The number of benzene rings is 2. The molecule has 10 heteroatoms. The highest BCUT2D eigenvalue weighted by Gasteiger charge is 2.21. The summed E-state index contributed by atoms with van der Waals surface area (Å²) in [4.78, 5) is 14.6. The van der Waals surface area contributed by atoms with E-state index in [0.29, 0.717) is 42.0 Å². The summed E-state index contributed by atoms with van der Waals surface area (Å²) in [5.41, 5.74) is 10.7. The van der Waals surface area contributed by atoms with Crippen LogP contribution in [0.2, 0.25) is 0 Å². The van der Waals surface area contributed by atoms with Crippen molar-refractivity contribution in [1.82, 2.24) is 29.6 Å². The van der Waals surface area contributed by atoms with Crippen molar-refractivity contribution in [3.63, 3.8) is 0 Å². The maximum Gasteiger partial charge on any atom is 0.231 e. The van der Waals surface area contributed by atoms with Gasteiger partial charge in [0.1, 0.15) is 11.5 Å². The lowest BCUT2D eigenvalue weighted by atomic mass is 10.1. The van der Waals surface area contributed by atoms with Gasteiger partial charge in [-0.05, 0) is 38.1 Å². The van der Waals surface area contributed by atoms with Gasteiger partial charge in [-0.1, -0.05) is 18.2 Å². The molecule has 0 spiro atoms. The smallest absolute Gasteiger partial charge is 0.231 e. The van der Waals surface area contributed by atoms with E-state index in [1.807, 2.05) is 49.0 Å². The van der Waals surface area contributed by atoms with Crippen molar-refractivity contribution in [3.8, 4) is 11.3 Å². The molecule has 3 aromatic heterocycles. The van der Waals surface area contributed by atoms with Crippen LogP contribution in [0, 0.1) is 5.82 Å². The molecule has 4 N–H and O–H groups in total. The molecule has 37 heavy (non-hydrogen) atoms. The molecule has 6 rings (SSSR count). The molecule has 2 aromatic carbocycles. The zero-order chi connectivity index (χ0) is 25.5. The normalized spacial score (nSPS) is 14.7. The number of morpholine rings is 1. The van der Waals surface area contributed by atoms with Gasteiger partial charge in [-0.3, -0.25) is 4.90 Å². The Morgan fingerprint density at radius 3 is 2.78 bits per heavy atom. The highest BCUT2D eigenvalue weighted by atomic mass is 19.1. The minimum atomic E-state index is -0.325. The number of nitrogen functional groups attached to an aromatic ring is 1. The molecule has 1 aliphatic heterocycles. The second-order valence-corrected chi connectivity index (χ2v) is 9.59. The third kappa shape index (κ3) is 4.38. The maximum atomic E-state index is 15.4. The average Bonchev–Trinajstić information content (AvgIpc) is 3.52. The number of ether oxygens (including phenoxy) is 1. The van der Waals surface area contributed by atoms with E-state index in [4.69, 9.17) is 20.6 Å². The second kappa shape index (κ2) is 9.45. The van der Waals surface area contributed by atoms with Crippen molar-refractivity contribution in [3.05, 3.63) is 60.0 Å². The topological polar surface area (TPSA) is 110 Å². The Kier molecular flexibility index (Phi) is 5.97. The molecule has 0 amide bonds. The molecule has 0 saturated carbocycles. The molecule has 5 aromatic rings. The van der Waals surface area contributed by atoms with Gasteiger partial charge in [-0.2, -0.15) is 15.1 Å². The minimum Gasteiger partial charge on any atom is -0.383 e. The van der Waals surface area contributed by atoms with Crippen molar-refractivity contribution in [2.45, 2.75) is 26.4 Å². The summed E-state index contributed by atoms with van der Waals surface area (Å²) in [5, 5.41) is 9.67. The highest BCUT2D eigenvalue weighted by Crippen LogP contribution is 2.34. The molecular weight excluding hydrogens is 471 g/mol. The van der Waals surface area contributed by atoms with E-state index in [-0.39, 0.29) is 23.6 Å². The quantitative estimate of drug-likeness (QED) is 0.306. The van der Waals surface area contributed by atoms with Gasteiger partial charge in [-0.25, -0.2) is 9.07 Å². The molecular formula is C27H29FN8O. The number of aromatic nitrogens is 5. The van der Waals surface area contributed by atoms with Crippen LogP contribution in [0.3, 0.4) is 0 Å². The fraction of sp³-hybridized carbons (Fsp3) is 0.296. The number of rotatable bonds is 6. The molecule has 190 valence electrons. The van der Waals surface area contributed by atoms with Crippen LogP contribution in [0.25, 0.3) is 33.2 Å². The van der Waals surface area contributed by atoms with Crippen molar-refractivity contribution in [2.75, 3.05) is 37.4 Å². The molecule has 4 heterocycles. The van der Waals surface area contributed by atoms with E-state index in [2.05, 4.69) is 26.3 Å². The first-order chi connectivity index (χ1) is 18.0. The summed E-state index contributed by atoms with van der Waals surface area (Å²) >= 11 is 0. The largest absolute Gasteiger partial charge is 0.383 e. The SMILES string of the molecule is CC(C)n1nc(-c2ccc3[nH]ccc3c2)c2c(N)nc(Nc3cccc(CN4CCOCC4)c3F)nc21. The van der Waals surface area contributed by atoms with Crippen molar-refractivity contribution >= 4 is 39.4 Å². The number of hydrogen-bond acceptors (Lipinski definition) is 7. The first-order valence-electron chi connectivity index (χ1n) is 12.5. The second-order valence-electron chi connectivity index (χ2n) is 9.59. The monoisotopic (exact) mass is 500 g/mol. The van der Waals surface area contributed by atoms with E-state index in [1.54, 1.807) is 12.1 Å².